The maximum absolute atomic E-state index is 14.4. The van der Waals surface area contributed by atoms with Crippen LogP contribution in [0.1, 0.15) is 89.2 Å². The number of aliphatic hydroxyl groups is 1. The molecule has 1 aromatic rings. The fourth-order valence-corrected chi connectivity index (χ4v) is 7.67. The number of rotatable bonds is 18. The number of hydrogen-bond donors (Lipinski definition) is 3. The number of nitrogens with one attached hydrogen (secondary N) is 2. The second-order valence-electron chi connectivity index (χ2n) is 14.1. The number of fused-ring (bicyclic) bond motifs is 4. The van der Waals surface area contributed by atoms with Crippen LogP contribution in [0.5, 0.6) is 0 Å². The first kappa shape index (κ1) is 37.9. The first-order valence-corrected chi connectivity index (χ1v) is 18.2. The molecule has 2 bridgehead atoms. The Labute approximate surface area is 294 Å². The third-order valence-electron chi connectivity index (χ3n) is 10.2. The minimum Gasteiger partial charge on any atom is -0.458 e. The van der Waals surface area contributed by atoms with Gasteiger partial charge in [-0.15, -0.1) is 0 Å². The van der Waals surface area contributed by atoms with Crippen molar-refractivity contribution in [2.24, 2.45) is 5.41 Å². The number of hydroxylamine groups is 2. The predicted molar refractivity (Wildman–Crippen MR) is 184 cm³/mol. The van der Waals surface area contributed by atoms with Gasteiger partial charge in [-0.05, 0) is 30.0 Å². The van der Waals surface area contributed by atoms with Gasteiger partial charge in [0, 0.05) is 58.9 Å². The van der Waals surface area contributed by atoms with E-state index in [0.717, 1.165) is 49.7 Å². The van der Waals surface area contributed by atoms with Gasteiger partial charge < -0.3 is 34.9 Å². The summed E-state index contributed by atoms with van der Waals surface area (Å²) in [6, 6.07) is 6.49. The molecule has 3 amide bonds. The molecule has 1 saturated carbocycles. The second-order valence-corrected chi connectivity index (χ2v) is 14.1. The molecule has 0 radical (unpaired) electrons. The van der Waals surface area contributed by atoms with Crippen LogP contribution in [0.2, 0.25) is 0 Å². The molecule has 3 aliphatic heterocycles. The molecule has 5 rings (SSSR count). The summed E-state index contributed by atoms with van der Waals surface area (Å²) >= 11 is 0. The third-order valence-corrected chi connectivity index (χ3v) is 10.2. The third kappa shape index (κ3) is 8.07. The van der Waals surface area contributed by atoms with Crippen LogP contribution in [-0.4, -0.2) is 109 Å². The number of esters is 1. The van der Waals surface area contributed by atoms with E-state index in [2.05, 4.69) is 24.5 Å². The quantitative estimate of drug-likeness (QED) is 0.118. The number of nitrogens with zero attached hydrogens (tertiary/aromatic N) is 2. The predicted octanol–water partition coefficient (Wildman–Crippen LogP) is 2.84. The molecular weight excluding hydrogens is 644 g/mol. The first-order valence-electron chi connectivity index (χ1n) is 18.2. The molecule has 3 N–H and O–H groups in total. The molecular formula is C37H54N4O9. The van der Waals surface area contributed by atoms with Gasteiger partial charge in [-0.1, -0.05) is 63.8 Å². The number of ether oxygens (including phenoxy) is 3. The van der Waals surface area contributed by atoms with E-state index in [0.29, 0.717) is 12.8 Å². The van der Waals surface area contributed by atoms with Gasteiger partial charge in [0.15, 0.2) is 11.8 Å². The standard InChI is InChI=1S/C37H54N4O9/c1-5-7-9-18-36(19-10-8-6-2)48-30-27-23-37(35(46)39-20-17-28(43)38-21-22-42)32(34(45)47-27)41(50-33(37)31(30)49-36)24-26-13-11-25(12-14-26)15-16-29(44)40(3)4/h11-16,27,30-33,42H,5-10,17-24H2,1-4H3,(H,38,43)(H,39,46). The smallest absolute Gasteiger partial charge is 0.327 e. The van der Waals surface area contributed by atoms with E-state index in [4.69, 9.17) is 24.2 Å². The summed E-state index contributed by atoms with van der Waals surface area (Å²) in [5.41, 5.74) is 0.324. The van der Waals surface area contributed by atoms with E-state index in [1.807, 2.05) is 24.3 Å². The lowest BCUT2D eigenvalue weighted by Crippen LogP contribution is -2.69. The summed E-state index contributed by atoms with van der Waals surface area (Å²) in [5, 5.41) is 16.1. The number of carbonyl (C=O) groups excluding carboxylic acids is 4. The molecule has 50 heavy (non-hydrogen) atoms. The maximum Gasteiger partial charge on any atom is 0.327 e. The largest absolute Gasteiger partial charge is 0.458 e. The molecule has 1 aliphatic carbocycles. The number of amides is 3. The molecule has 3 heterocycles. The number of carbonyl (C=O) groups is 4. The molecule has 276 valence electrons. The highest BCUT2D eigenvalue weighted by Crippen LogP contribution is 2.58. The van der Waals surface area contributed by atoms with E-state index in [1.54, 1.807) is 25.2 Å². The summed E-state index contributed by atoms with van der Waals surface area (Å²) in [7, 11) is 3.38. The SMILES string of the molecule is CCCCCC1(CCCCC)OC2C3CC4(C(=O)NCCC(=O)NCCO)C(ON(Cc5ccc(C=CC(=O)N(C)C)cc5)C4C(=O)O3)C2O1. The molecule has 6 atom stereocenters. The number of likely N-dealkylation sites (N-methyl/N-ethyl adjacent to an activating group) is 1. The summed E-state index contributed by atoms with van der Waals surface area (Å²) < 4.78 is 19.8. The minimum absolute atomic E-state index is 0.0141. The number of aliphatic hydroxyl groups excluding tert-OH is 1. The van der Waals surface area contributed by atoms with Crippen molar-refractivity contribution in [1.82, 2.24) is 20.6 Å². The Bertz CT molecular complexity index is 1380. The van der Waals surface area contributed by atoms with Crippen molar-refractivity contribution in [2.75, 3.05) is 33.8 Å². The van der Waals surface area contributed by atoms with Crippen LogP contribution in [-0.2, 0) is 44.8 Å². The van der Waals surface area contributed by atoms with Crippen LogP contribution >= 0.6 is 0 Å². The van der Waals surface area contributed by atoms with Gasteiger partial charge in [-0.2, -0.15) is 5.06 Å². The van der Waals surface area contributed by atoms with Gasteiger partial charge in [0.25, 0.3) is 0 Å². The first-order chi connectivity index (χ1) is 24.1. The molecule has 4 aliphatic rings. The minimum atomic E-state index is -1.34. The van der Waals surface area contributed by atoms with E-state index < -0.39 is 53.5 Å². The molecule has 4 fully saturated rings. The normalized spacial score (nSPS) is 27.9. The van der Waals surface area contributed by atoms with Gasteiger partial charge in [-0.25, -0.2) is 0 Å². The number of hydrogen-bond acceptors (Lipinski definition) is 10. The van der Waals surface area contributed by atoms with Gasteiger partial charge in [0.2, 0.25) is 17.7 Å². The maximum atomic E-state index is 14.4. The topological polar surface area (TPSA) is 156 Å². The molecule has 0 aromatic heterocycles. The van der Waals surface area contributed by atoms with E-state index in [-0.39, 0.29) is 50.9 Å². The molecule has 1 aromatic carbocycles. The Morgan fingerprint density at radius 2 is 1.66 bits per heavy atom. The van der Waals surface area contributed by atoms with E-state index >= 15 is 0 Å². The van der Waals surface area contributed by atoms with Crippen molar-refractivity contribution in [3.8, 4) is 0 Å². The molecule has 13 nitrogen and oxygen atoms in total. The summed E-state index contributed by atoms with van der Waals surface area (Å²) in [6.07, 6.45) is 8.07. The fourth-order valence-electron chi connectivity index (χ4n) is 7.67. The van der Waals surface area contributed by atoms with Gasteiger partial charge >= 0.3 is 5.97 Å². The van der Waals surface area contributed by atoms with Gasteiger partial charge in [0.05, 0.1) is 13.2 Å². The van der Waals surface area contributed by atoms with Crippen LogP contribution in [0.15, 0.2) is 30.3 Å². The van der Waals surface area contributed by atoms with E-state index in [9.17, 15) is 19.2 Å². The van der Waals surface area contributed by atoms with Crippen molar-refractivity contribution in [1.29, 1.82) is 0 Å². The van der Waals surface area contributed by atoms with Crippen LogP contribution in [0.3, 0.4) is 0 Å². The highest BCUT2D eigenvalue weighted by molar-refractivity contribution is 5.94. The summed E-state index contributed by atoms with van der Waals surface area (Å²) in [4.78, 5) is 60.8. The molecule has 0 spiro atoms. The Hall–Kier alpha value is -3.36. The van der Waals surface area contributed by atoms with Crippen molar-refractivity contribution >= 4 is 29.8 Å². The Morgan fingerprint density at radius 1 is 0.980 bits per heavy atom. The lowest BCUT2D eigenvalue weighted by atomic mass is 9.62. The highest BCUT2D eigenvalue weighted by atomic mass is 16.8. The van der Waals surface area contributed by atoms with Crippen LogP contribution in [0, 0.1) is 5.41 Å². The lowest BCUT2D eigenvalue weighted by Gasteiger charge is -2.48. The van der Waals surface area contributed by atoms with Crippen LogP contribution in [0.4, 0.5) is 0 Å². The average molecular weight is 699 g/mol. The van der Waals surface area contributed by atoms with Crippen molar-refractivity contribution in [3.63, 3.8) is 0 Å². The average Bonchev–Trinajstić information content (AvgIpc) is 3.65. The molecule has 3 saturated heterocycles. The Morgan fingerprint density at radius 3 is 2.30 bits per heavy atom. The van der Waals surface area contributed by atoms with Crippen molar-refractivity contribution in [3.05, 3.63) is 41.5 Å². The number of benzene rings is 1. The number of unbranched alkanes of at least 4 members (excludes halogenated alkanes) is 4. The second kappa shape index (κ2) is 16.8. The zero-order valence-corrected chi connectivity index (χ0v) is 29.9. The van der Waals surface area contributed by atoms with Gasteiger partial charge in [-0.3, -0.25) is 24.0 Å². The molecule has 6 unspecified atom stereocenters. The highest BCUT2D eigenvalue weighted by Gasteiger charge is 2.76. The van der Waals surface area contributed by atoms with Crippen LogP contribution in [0.25, 0.3) is 6.08 Å². The van der Waals surface area contributed by atoms with Crippen molar-refractivity contribution < 1.29 is 43.3 Å². The summed E-state index contributed by atoms with van der Waals surface area (Å²) in [5.74, 6) is -2.24. The van der Waals surface area contributed by atoms with Crippen molar-refractivity contribution in [2.45, 2.75) is 121 Å². The Kier molecular flexibility index (Phi) is 12.7. The zero-order valence-electron chi connectivity index (χ0n) is 29.9. The van der Waals surface area contributed by atoms with E-state index in [1.165, 1.54) is 11.0 Å². The van der Waals surface area contributed by atoms with Crippen LogP contribution < -0.4 is 10.6 Å². The Balaban J connectivity index is 1.43. The van der Waals surface area contributed by atoms with Gasteiger partial charge in [0.1, 0.15) is 29.8 Å². The summed E-state index contributed by atoms with van der Waals surface area (Å²) in [6.45, 7) is 4.49. The monoisotopic (exact) mass is 698 g/mol. The fraction of sp³-hybridized carbons (Fsp3) is 0.676. The lowest BCUT2D eigenvalue weighted by molar-refractivity contribution is -0.224. The molecule has 13 heteroatoms. The zero-order chi connectivity index (χ0) is 35.9.